The van der Waals surface area contributed by atoms with E-state index in [0.29, 0.717) is 34.8 Å². The molecule has 1 saturated carbocycles. The van der Waals surface area contributed by atoms with E-state index < -0.39 is 5.82 Å². The smallest absolute Gasteiger partial charge is 0.252 e. The van der Waals surface area contributed by atoms with E-state index in [1.165, 1.54) is 6.07 Å². The lowest BCUT2D eigenvalue weighted by Gasteiger charge is -2.40. The normalized spacial score (nSPS) is 21.8. The summed E-state index contributed by atoms with van der Waals surface area (Å²) in [5, 5.41) is 9.43. The fourth-order valence-electron chi connectivity index (χ4n) is 6.31. The number of anilines is 1. The predicted molar refractivity (Wildman–Crippen MR) is 175 cm³/mol. The summed E-state index contributed by atoms with van der Waals surface area (Å²) in [6.07, 6.45) is 4.64. The number of ether oxygens (including phenoxy) is 1. The molecule has 0 spiro atoms. The Kier molecular flexibility index (Phi) is 8.54. The number of rotatable bonds is 9. The van der Waals surface area contributed by atoms with Gasteiger partial charge in [0.25, 0.3) is 5.91 Å². The van der Waals surface area contributed by atoms with Gasteiger partial charge in [0, 0.05) is 62.5 Å². The van der Waals surface area contributed by atoms with E-state index in [2.05, 4.69) is 15.5 Å². The minimum Gasteiger partial charge on any atom is -0.488 e. The van der Waals surface area contributed by atoms with Crippen LogP contribution in [0.3, 0.4) is 0 Å². The Balaban J connectivity index is 1.09. The van der Waals surface area contributed by atoms with E-state index >= 15 is 0 Å². The molecule has 44 heavy (non-hydrogen) atoms. The van der Waals surface area contributed by atoms with Crippen LogP contribution < -0.4 is 20.3 Å². The molecule has 2 saturated heterocycles. The number of aromatic nitrogens is 1. The number of amides is 1. The highest BCUT2D eigenvalue weighted by molar-refractivity contribution is 7.16. The molecule has 4 heterocycles. The van der Waals surface area contributed by atoms with Crippen LogP contribution >= 0.6 is 46.1 Å². The van der Waals surface area contributed by atoms with E-state index in [0.717, 1.165) is 71.2 Å². The molecule has 12 heteroatoms. The van der Waals surface area contributed by atoms with Gasteiger partial charge in [-0.2, -0.15) is 0 Å². The van der Waals surface area contributed by atoms with Gasteiger partial charge in [0.05, 0.1) is 32.6 Å². The Bertz CT molecular complexity index is 1620. The van der Waals surface area contributed by atoms with Crippen LogP contribution in [-0.4, -0.2) is 66.7 Å². The zero-order chi connectivity index (χ0) is 30.5. The van der Waals surface area contributed by atoms with Gasteiger partial charge in [-0.05, 0) is 55.0 Å². The maximum Gasteiger partial charge on any atom is 0.252 e. The van der Waals surface area contributed by atoms with Gasteiger partial charge in [-0.1, -0.05) is 64.3 Å². The summed E-state index contributed by atoms with van der Waals surface area (Å²) in [4.78, 5) is 24.4. The minimum atomic E-state index is -0.446. The predicted octanol–water partition coefficient (Wildman–Crippen LogP) is 6.34. The Labute approximate surface area is 275 Å². The van der Waals surface area contributed by atoms with E-state index in [1.807, 2.05) is 30.2 Å². The highest BCUT2D eigenvalue weighted by atomic mass is 35.5. The standard InChI is InChI=1S/C32H33Cl3FN5O2S/c1-17-5-8-24(36)30(28(17)34)43-16-18-13-40(14-18)32-38-12-26(44-32)22-9-20-10-37-11-25(39-20)27(22)31(42)41(21-6-7-21)15-19-3-2-4-23(33)29(19)35/h2-5,8,12,18,20-21,25,37,39H,6-7,9-11,13-16H2,1H3/t20-,25-/m1/s1. The van der Waals surface area contributed by atoms with E-state index in [1.54, 1.807) is 23.5 Å². The summed E-state index contributed by atoms with van der Waals surface area (Å²) in [7, 11) is 0. The lowest BCUT2D eigenvalue weighted by atomic mass is 9.86. The van der Waals surface area contributed by atoms with Crippen LogP contribution in [0, 0.1) is 18.7 Å². The fraction of sp³-hybridized carbons (Fsp3) is 0.438. The average Bonchev–Trinajstić information content (AvgIpc) is 3.72. The molecule has 0 unspecified atom stereocenters. The van der Waals surface area contributed by atoms with Crippen LogP contribution in [0.2, 0.25) is 15.1 Å². The monoisotopic (exact) mass is 675 g/mol. The Hall–Kier alpha value is -2.40. The molecule has 0 radical (unpaired) electrons. The number of fused-ring (bicyclic) bond motifs is 2. The minimum absolute atomic E-state index is 0.0522. The number of benzene rings is 2. The van der Waals surface area contributed by atoms with E-state index in [9.17, 15) is 9.18 Å². The first kappa shape index (κ1) is 30.3. The molecule has 7 nitrogen and oxygen atoms in total. The molecule has 2 atom stereocenters. The van der Waals surface area contributed by atoms with Crippen molar-refractivity contribution in [3.8, 4) is 5.75 Å². The van der Waals surface area contributed by atoms with Crippen LogP contribution in [0.4, 0.5) is 9.52 Å². The van der Waals surface area contributed by atoms with Crippen molar-refractivity contribution in [3.05, 3.63) is 79.0 Å². The summed E-state index contributed by atoms with van der Waals surface area (Å²) >= 11 is 20.8. The Morgan fingerprint density at radius 3 is 2.77 bits per heavy atom. The fourth-order valence-corrected chi connectivity index (χ4v) is 7.90. The molecule has 2 aromatic carbocycles. The highest BCUT2D eigenvalue weighted by Crippen LogP contribution is 2.41. The molecule has 2 bridgehead atoms. The molecule has 1 aromatic heterocycles. The maximum absolute atomic E-state index is 14.4. The topological polar surface area (TPSA) is 69.7 Å². The second-order valence-electron chi connectivity index (χ2n) is 12.1. The van der Waals surface area contributed by atoms with Gasteiger partial charge >= 0.3 is 0 Å². The van der Waals surface area contributed by atoms with Gasteiger partial charge in [-0.15, -0.1) is 0 Å². The van der Waals surface area contributed by atoms with Crippen molar-refractivity contribution in [2.75, 3.05) is 37.7 Å². The van der Waals surface area contributed by atoms with Crippen molar-refractivity contribution < 1.29 is 13.9 Å². The third-order valence-electron chi connectivity index (χ3n) is 8.88. The first-order valence-corrected chi connectivity index (χ1v) is 16.9. The van der Waals surface area contributed by atoms with Gasteiger partial charge in [-0.3, -0.25) is 4.79 Å². The molecule has 232 valence electrons. The van der Waals surface area contributed by atoms with Gasteiger partial charge in [0.2, 0.25) is 0 Å². The molecule has 3 aliphatic heterocycles. The molecule has 4 aliphatic rings. The highest BCUT2D eigenvalue weighted by Gasteiger charge is 2.42. The van der Waals surface area contributed by atoms with Crippen molar-refractivity contribution in [1.29, 1.82) is 0 Å². The third kappa shape index (κ3) is 5.95. The quantitative estimate of drug-likeness (QED) is 0.276. The Morgan fingerprint density at radius 2 is 1.98 bits per heavy atom. The number of carbonyl (C=O) groups excluding carboxylic acids is 1. The number of thiazole rings is 1. The molecule has 1 aliphatic carbocycles. The maximum atomic E-state index is 14.4. The van der Waals surface area contributed by atoms with Crippen LogP contribution in [0.15, 0.2) is 42.1 Å². The number of nitrogens with one attached hydrogen (secondary N) is 2. The molecule has 3 aromatic rings. The molecule has 3 fully saturated rings. The lowest BCUT2D eigenvalue weighted by molar-refractivity contribution is -0.128. The van der Waals surface area contributed by atoms with E-state index in [-0.39, 0.29) is 35.7 Å². The first-order chi connectivity index (χ1) is 21.3. The van der Waals surface area contributed by atoms with Crippen molar-refractivity contribution in [2.24, 2.45) is 5.92 Å². The summed E-state index contributed by atoms with van der Waals surface area (Å²) in [5.74, 6) is -0.0341. The van der Waals surface area contributed by atoms with Crippen LogP contribution in [0.5, 0.6) is 5.75 Å². The second kappa shape index (κ2) is 12.4. The van der Waals surface area contributed by atoms with E-state index in [4.69, 9.17) is 44.5 Å². The van der Waals surface area contributed by atoms with Crippen molar-refractivity contribution in [2.45, 2.75) is 50.9 Å². The summed E-state index contributed by atoms with van der Waals surface area (Å²) < 4.78 is 20.1. The molecule has 1 amide bonds. The average molecular weight is 677 g/mol. The molecular formula is C32H33Cl3FN5O2S. The number of halogens is 4. The van der Waals surface area contributed by atoms with Crippen molar-refractivity contribution in [1.82, 2.24) is 20.5 Å². The summed E-state index contributed by atoms with van der Waals surface area (Å²) in [5.41, 5.74) is 3.54. The van der Waals surface area contributed by atoms with Crippen LogP contribution in [-0.2, 0) is 11.3 Å². The largest absolute Gasteiger partial charge is 0.488 e. The number of piperazine rings is 1. The third-order valence-corrected chi connectivity index (χ3v) is 11.3. The van der Waals surface area contributed by atoms with Gasteiger partial charge in [0.1, 0.15) is 0 Å². The number of aryl methyl sites for hydroxylation is 1. The second-order valence-corrected chi connectivity index (χ2v) is 14.3. The number of hydrogen-bond acceptors (Lipinski definition) is 7. The number of nitrogens with zero attached hydrogens (tertiary/aromatic N) is 3. The first-order valence-electron chi connectivity index (χ1n) is 15.0. The van der Waals surface area contributed by atoms with Gasteiger partial charge < -0.3 is 25.2 Å². The number of hydrogen-bond donors (Lipinski definition) is 2. The Morgan fingerprint density at radius 1 is 1.16 bits per heavy atom. The zero-order valence-electron chi connectivity index (χ0n) is 24.2. The SMILES string of the molecule is Cc1ccc(F)c(OCC2CN(c3ncc(C4=C(C(=O)N(Cc5cccc(Cl)c5Cl)C5CC5)[C@H]5CNC[C@@H](C4)N5)s3)C2)c1Cl. The van der Waals surface area contributed by atoms with Crippen molar-refractivity contribution in [3.63, 3.8) is 0 Å². The summed E-state index contributed by atoms with van der Waals surface area (Å²) in [6.45, 7) is 5.71. The zero-order valence-corrected chi connectivity index (χ0v) is 27.3. The summed E-state index contributed by atoms with van der Waals surface area (Å²) in [6, 6.07) is 8.99. The van der Waals surface area contributed by atoms with Gasteiger partial charge in [-0.25, -0.2) is 9.37 Å². The lowest BCUT2D eigenvalue weighted by Crippen LogP contribution is -2.59. The molecular weight excluding hydrogens is 644 g/mol. The molecule has 7 rings (SSSR count). The molecule has 2 N–H and O–H groups in total. The number of carbonyl (C=O) groups is 1. The van der Waals surface area contributed by atoms with Crippen LogP contribution in [0.1, 0.15) is 35.3 Å². The van der Waals surface area contributed by atoms with Crippen molar-refractivity contribution >= 4 is 62.8 Å². The van der Waals surface area contributed by atoms with Gasteiger partial charge in [0.15, 0.2) is 16.7 Å². The van der Waals surface area contributed by atoms with Crippen LogP contribution in [0.25, 0.3) is 5.57 Å².